The average molecular weight is 300 g/mol. The lowest BCUT2D eigenvalue weighted by atomic mass is 9.99. The zero-order valence-corrected chi connectivity index (χ0v) is 10.8. The van der Waals surface area contributed by atoms with Gasteiger partial charge in [-0.2, -0.15) is 0 Å². The molecule has 10 heteroatoms. The van der Waals surface area contributed by atoms with Gasteiger partial charge in [0.2, 0.25) is 0 Å². The van der Waals surface area contributed by atoms with Gasteiger partial charge in [-0.25, -0.2) is 16.8 Å². The van der Waals surface area contributed by atoms with E-state index in [2.05, 4.69) is 0 Å². The van der Waals surface area contributed by atoms with Crippen LogP contribution in [0.5, 0.6) is 0 Å². The van der Waals surface area contributed by atoms with Crippen molar-refractivity contribution in [3.8, 4) is 0 Å². The first-order valence-corrected chi connectivity index (χ1v) is 8.23. The first-order chi connectivity index (χ1) is 8.04. The Hall–Kier alpha value is -1.16. The van der Waals surface area contributed by atoms with Gasteiger partial charge in [-0.05, 0) is 19.3 Å². The van der Waals surface area contributed by atoms with Crippen LogP contribution in [-0.2, 0) is 29.3 Å². The summed E-state index contributed by atoms with van der Waals surface area (Å²) in [5.74, 6) is -5.95. The van der Waals surface area contributed by atoms with E-state index in [4.69, 9.17) is 10.2 Å². The maximum absolute atomic E-state index is 11.8. The van der Waals surface area contributed by atoms with Gasteiger partial charge in [0.1, 0.15) is 11.5 Å². The van der Waals surface area contributed by atoms with Crippen molar-refractivity contribution in [3.05, 3.63) is 0 Å². The highest BCUT2D eigenvalue weighted by Gasteiger charge is 2.59. The van der Waals surface area contributed by atoms with Crippen LogP contribution in [0.4, 0.5) is 0 Å². The maximum atomic E-state index is 11.8. The van der Waals surface area contributed by atoms with Crippen LogP contribution in [0.2, 0.25) is 0 Å². The van der Waals surface area contributed by atoms with E-state index in [0.717, 1.165) is 0 Å². The van der Waals surface area contributed by atoms with E-state index in [0.29, 0.717) is 6.42 Å². The van der Waals surface area contributed by atoms with Gasteiger partial charge in [0, 0.05) is 0 Å². The Bertz CT molecular complexity index is 518. The number of carboxylic acids is 2. The molecule has 0 atom stereocenters. The van der Waals surface area contributed by atoms with Crippen LogP contribution in [0.25, 0.3) is 0 Å². The molecule has 8 nitrogen and oxygen atoms in total. The number of carbonyl (C=O) groups is 2. The third kappa shape index (κ3) is 2.34. The van der Waals surface area contributed by atoms with Crippen LogP contribution >= 0.6 is 0 Å². The quantitative estimate of drug-likeness (QED) is 0.627. The molecule has 18 heavy (non-hydrogen) atoms. The molecule has 0 heterocycles. The smallest absolute Gasteiger partial charge is 0.318 e. The predicted molar refractivity (Wildman–Crippen MR) is 59.4 cm³/mol. The third-order valence-electron chi connectivity index (χ3n) is 2.88. The Morgan fingerprint density at radius 1 is 0.889 bits per heavy atom. The van der Waals surface area contributed by atoms with Crippen molar-refractivity contribution in [2.75, 3.05) is 11.5 Å². The molecular formula is C8H12O8S2. The third-order valence-corrected chi connectivity index (χ3v) is 8.74. The van der Waals surface area contributed by atoms with Gasteiger partial charge in [0.25, 0.3) is 0 Å². The first-order valence-electron chi connectivity index (χ1n) is 4.92. The molecule has 0 spiro atoms. The summed E-state index contributed by atoms with van der Waals surface area (Å²) in [7, 11) is -8.88. The monoisotopic (exact) mass is 300 g/mol. The largest absolute Gasteiger partial charge is 0.480 e. The average Bonchev–Trinajstić information content (AvgIpc) is 1.91. The lowest BCUT2D eigenvalue weighted by molar-refractivity contribution is -0.135. The van der Waals surface area contributed by atoms with Crippen LogP contribution < -0.4 is 0 Å². The Kier molecular flexibility index (Phi) is 3.73. The lowest BCUT2D eigenvalue weighted by Crippen LogP contribution is -2.55. The second kappa shape index (κ2) is 4.50. The van der Waals surface area contributed by atoms with Crippen molar-refractivity contribution in [1.29, 1.82) is 0 Å². The Morgan fingerprint density at radius 3 is 1.39 bits per heavy atom. The van der Waals surface area contributed by atoms with Gasteiger partial charge in [-0.3, -0.25) is 9.59 Å². The summed E-state index contributed by atoms with van der Waals surface area (Å²) in [4.78, 5) is 20.9. The zero-order valence-electron chi connectivity index (χ0n) is 9.20. The van der Waals surface area contributed by atoms with Gasteiger partial charge in [0.05, 0.1) is 0 Å². The van der Waals surface area contributed by atoms with Crippen molar-refractivity contribution in [1.82, 2.24) is 0 Å². The van der Waals surface area contributed by atoms with Crippen molar-refractivity contribution in [2.24, 2.45) is 0 Å². The summed E-state index contributed by atoms with van der Waals surface area (Å²) in [6.45, 7) is 0. The summed E-state index contributed by atoms with van der Waals surface area (Å²) in [5, 5.41) is 17.0. The summed E-state index contributed by atoms with van der Waals surface area (Å²) in [6, 6.07) is 0. The molecule has 0 aromatic rings. The molecule has 0 aromatic carbocycles. The molecule has 104 valence electrons. The van der Waals surface area contributed by atoms with Crippen LogP contribution in [-0.4, -0.2) is 54.6 Å². The first kappa shape index (κ1) is 14.9. The molecule has 2 N–H and O–H groups in total. The Morgan fingerprint density at radius 2 is 1.22 bits per heavy atom. The number of carboxylic acid groups (broad SMARTS) is 2. The van der Waals surface area contributed by atoms with Crippen LogP contribution in [0, 0.1) is 0 Å². The summed E-state index contributed by atoms with van der Waals surface area (Å²) < 4.78 is 45.0. The highest BCUT2D eigenvalue weighted by Crippen LogP contribution is 2.44. The predicted octanol–water partition coefficient (Wildman–Crippen LogP) is -1.13. The number of hydrogen-bond acceptors (Lipinski definition) is 6. The van der Waals surface area contributed by atoms with Crippen molar-refractivity contribution >= 4 is 31.6 Å². The number of hydrogen-bond donors (Lipinski definition) is 2. The van der Waals surface area contributed by atoms with Gasteiger partial charge in [0.15, 0.2) is 23.8 Å². The Labute approximate surface area is 103 Å². The van der Waals surface area contributed by atoms with Crippen molar-refractivity contribution in [2.45, 2.75) is 23.3 Å². The van der Waals surface area contributed by atoms with E-state index in [1.165, 1.54) is 0 Å². The van der Waals surface area contributed by atoms with Gasteiger partial charge in [-0.1, -0.05) is 0 Å². The second-order valence-electron chi connectivity index (χ2n) is 4.07. The van der Waals surface area contributed by atoms with Gasteiger partial charge in [-0.15, -0.1) is 0 Å². The molecule has 1 aliphatic rings. The molecule has 0 radical (unpaired) electrons. The zero-order chi connectivity index (χ0) is 14.2. The molecule has 0 aromatic heterocycles. The van der Waals surface area contributed by atoms with E-state index < -0.39 is 47.2 Å². The van der Waals surface area contributed by atoms with Crippen LogP contribution in [0.1, 0.15) is 19.3 Å². The molecule has 1 rings (SSSR count). The highest BCUT2D eigenvalue weighted by atomic mass is 32.3. The molecular weight excluding hydrogens is 288 g/mol. The Balaban J connectivity index is 3.23. The van der Waals surface area contributed by atoms with Crippen molar-refractivity contribution < 1.29 is 36.6 Å². The molecule has 0 amide bonds. The number of rotatable bonds is 6. The van der Waals surface area contributed by atoms with E-state index in [-0.39, 0.29) is 12.8 Å². The normalized spacial score (nSPS) is 18.9. The minimum Gasteiger partial charge on any atom is -0.480 e. The second-order valence-corrected chi connectivity index (χ2v) is 8.93. The fourth-order valence-electron chi connectivity index (χ4n) is 1.87. The highest BCUT2D eigenvalue weighted by molar-refractivity contribution is 8.11. The lowest BCUT2D eigenvalue weighted by Gasteiger charge is -2.39. The molecule has 0 bridgehead atoms. The molecule has 0 aliphatic heterocycles. The van der Waals surface area contributed by atoms with Crippen molar-refractivity contribution in [3.63, 3.8) is 0 Å². The topological polar surface area (TPSA) is 143 Å². The summed E-state index contributed by atoms with van der Waals surface area (Å²) in [6.07, 6.45) is -0.200. The SMILES string of the molecule is O=C(O)CS(=O)(=O)C1(S(=O)(=O)CC(=O)O)CCC1. The van der Waals surface area contributed by atoms with E-state index in [1.807, 2.05) is 0 Å². The summed E-state index contributed by atoms with van der Waals surface area (Å²) >= 11 is 0. The molecule has 1 saturated carbocycles. The standard InChI is InChI=1S/C8H12O8S2/c9-6(10)4-17(13,14)8(2-1-3-8)18(15,16)5-7(11)12/h1-5H2,(H,9,10)(H,11,12). The molecule has 1 aliphatic carbocycles. The fraction of sp³-hybridized carbons (Fsp3) is 0.750. The van der Waals surface area contributed by atoms with E-state index >= 15 is 0 Å². The molecule has 0 saturated heterocycles. The maximum Gasteiger partial charge on any atom is 0.318 e. The fourth-order valence-corrected chi connectivity index (χ4v) is 6.77. The van der Waals surface area contributed by atoms with E-state index in [9.17, 15) is 26.4 Å². The molecule has 1 fully saturated rings. The minimum absolute atomic E-state index is 0.252. The van der Waals surface area contributed by atoms with Crippen LogP contribution in [0.15, 0.2) is 0 Å². The number of sulfone groups is 2. The van der Waals surface area contributed by atoms with E-state index in [1.54, 1.807) is 0 Å². The van der Waals surface area contributed by atoms with Crippen LogP contribution in [0.3, 0.4) is 0 Å². The van der Waals surface area contributed by atoms with Gasteiger partial charge < -0.3 is 10.2 Å². The number of aliphatic carboxylic acids is 2. The molecule has 0 unspecified atom stereocenters. The minimum atomic E-state index is -4.44. The summed E-state index contributed by atoms with van der Waals surface area (Å²) in [5.41, 5.74) is 0. The van der Waals surface area contributed by atoms with Gasteiger partial charge >= 0.3 is 11.9 Å².